The van der Waals surface area contributed by atoms with Crippen LogP contribution in [0.2, 0.25) is 52.4 Å². The summed E-state index contributed by atoms with van der Waals surface area (Å²) in [6.07, 6.45) is 15.9. The summed E-state index contributed by atoms with van der Waals surface area (Å²) < 4.78 is 13.0. The molecule has 1 aromatic carbocycles. The number of hydrogen-bond donors (Lipinski definition) is 0. The maximum absolute atomic E-state index is 6.49. The average molecular weight is 591 g/mol. The van der Waals surface area contributed by atoms with Crippen LogP contribution in [0.15, 0.2) is 0 Å². The van der Waals surface area contributed by atoms with Gasteiger partial charge in [-0.15, -0.1) is 0 Å². The highest BCUT2D eigenvalue weighted by molar-refractivity contribution is 6.88. The Morgan fingerprint density at radius 2 is 0.658 bits per heavy atom. The monoisotopic (exact) mass is 590 g/mol. The minimum absolute atomic E-state index is 0.622. The van der Waals surface area contributed by atoms with E-state index in [-0.39, 0.29) is 0 Å². The molecule has 0 bridgehead atoms. The van der Waals surface area contributed by atoms with Gasteiger partial charge in [0.25, 0.3) is 0 Å². The Morgan fingerprint density at radius 3 is 0.921 bits per heavy atom. The molecule has 0 unspecified atom stereocenters. The van der Waals surface area contributed by atoms with Gasteiger partial charge in [-0.05, 0) is 24.0 Å². The van der Waals surface area contributed by atoms with E-state index in [1.165, 1.54) is 77.0 Å². The summed E-state index contributed by atoms with van der Waals surface area (Å²) in [5.41, 5.74) is 3.24. The lowest BCUT2D eigenvalue weighted by Gasteiger charge is -2.32. The van der Waals surface area contributed by atoms with Gasteiger partial charge < -0.3 is 9.47 Å². The van der Waals surface area contributed by atoms with Crippen LogP contribution < -0.4 is 20.7 Å². The predicted octanol–water partition coefficient (Wildman–Crippen LogP) is 7.29. The third kappa shape index (κ3) is 12.3. The molecule has 0 fully saturated rings. The van der Waals surface area contributed by atoms with Gasteiger partial charge in [0, 0.05) is 13.2 Å². The number of ether oxygens (including phenoxy) is 2. The third-order valence-corrected chi connectivity index (χ3v) is 14.2. The molecular formula is C32H62O2Si4. The van der Waals surface area contributed by atoms with Crippen LogP contribution in [0.25, 0.3) is 0 Å². The normalized spacial score (nSPS) is 12.2. The lowest BCUT2D eigenvalue weighted by atomic mass is 10.1. The minimum atomic E-state index is -0.622. The molecule has 0 aliphatic heterocycles. The SMILES string of the molecule is CCCCCCCCOCc1c([Si](C)C)c([Si](C)C)c(COCCCCCCCC)c([Si](C)C)c1[Si](C)C. The molecule has 218 valence electrons. The molecule has 0 aromatic heterocycles. The molecule has 38 heavy (non-hydrogen) atoms. The third-order valence-electron chi connectivity index (χ3n) is 7.48. The van der Waals surface area contributed by atoms with Gasteiger partial charge in [-0.3, -0.25) is 0 Å². The van der Waals surface area contributed by atoms with E-state index in [0.717, 1.165) is 26.4 Å². The summed E-state index contributed by atoms with van der Waals surface area (Å²) in [5.74, 6) is 0. The zero-order valence-corrected chi connectivity index (χ0v) is 31.1. The van der Waals surface area contributed by atoms with E-state index in [0.29, 0.717) is 0 Å². The maximum atomic E-state index is 6.49. The first-order valence-electron chi connectivity index (χ1n) is 15.8. The number of hydrogen-bond acceptors (Lipinski definition) is 2. The zero-order chi connectivity index (χ0) is 28.5. The van der Waals surface area contributed by atoms with Crippen molar-refractivity contribution in [1.82, 2.24) is 0 Å². The highest BCUT2D eigenvalue weighted by atomic mass is 28.3. The number of unbranched alkanes of at least 4 members (excludes halogenated alkanes) is 10. The molecule has 2 nitrogen and oxygen atoms in total. The quantitative estimate of drug-likeness (QED) is 0.104. The van der Waals surface area contributed by atoms with Crippen molar-refractivity contribution in [3.63, 3.8) is 0 Å². The van der Waals surface area contributed by atoms with Gasteiger partial charge in [0.1, 0.15) is 0 Å². The summed E-state index contributed by atoms with van der Waals surface area (Å²) in [6.45, 7) is 28.2. The molecular weight excluding hydrogens is 529 g/mol. The first kappa shape index (κ1) is 36.0. The smallest absolute Gasteiger partial charge is 0.0794 e. The Balaban J connectivity index is 3.23. The molecule has 0 N–H and O–H groups in total. The van der Waals surface area contributed by atoms with Crippen LogP contribution in [0.5, 0.6) is 0 Å². The van der Waals surface area contributed by atoms with E-state index in [1.807, 2.05) is 0 Å². The van der Waals surface area contributed by atoms with Crippen LogP contribution in [-0.4, -0.2) is 48.4 Å². The molecule has 0 aliphatic rings. The van der Waals surface area contributed by atoms with Crippen LogP contribution in [0.4, 0.5) is 0 Å². The molecule has 4 radical (unpaired) electrons. The topological polar surface area (TPSA) is 18.5 Å². The zero-order valence-electron chi connectivity index (χ0n) is 27.1. The van der Waals surface area contributed by atoms with Gasteiger partial charge in [-0.2, -0.15) is 0 Å². The molecule has 0 amide bonds. The fourth-order valence-corrected chi connectivity index (χ4v) is 14.7. The fraction of sp³-hybridized carbons (Fsp3) is 0.812. The van der Waals surface area contributed by atoms with Crippen LogP contribution in [0.3, 0.4) is 0 Å². The lowest BCUT2D eigenvalue weighted by molar-refractivity contribution is 0.116. The Labute approximate surface area is 245 Å². The van der Waals surface area contributed by atoms with Crippen molar-refractivity contribution in [3.8, 4) is 0 Å². The van der Waals surface area contributed by atoms with Gasteiger partial charge in [0.2, 0.25) is 0 Å². The molecule has 1 aromatic rings. The average Bonchev–Trinajstić information content (AvgIpc) is 2.85. The number of rotatable bonds is 22. The summed E-state index contributed by atoms with van der Waals surface area (Å²) in [4.78, 5) is 0. The second-order valence-electron chi connectivity index (χ2n) is 12.1. The number of benzene rings is 1. The van der Waals surface area contributed by atoms with E-state index < -0.39 is 35.2 Å². The second kappa shape index (κ2) is 20.8. The van der Waals surface area contributed by atoms with E-state index >= 15 is 0 Å². The summed E-state index contributed by atoms with van der Waals surface area (Å²) >= 11 is 0. The summed E-state index contributed by atoms with van der Waals surface area (Å²) in [6, 6.07) is 0. The van der Waals surface area contributed by atoms with Gasteiger partial charge in [-0.1, -0.05) is 151 Å². The van der Waals surface area contributed by atoms with Crippen LogP contribution >= 0.6 is 0 Å². The molecule has 0 saturated carbocycles. The highest BCUT2D eigenvalue weighted by Crippen LogP contribution is 2.11. The molecule has 0 atom stereocenters. The lowest BCUT2D eigenvalue weighted by Crippen LogP contribution is -2.61. The maximum Gasteiger partial charge on any atom is 0.0794 e. The molecule has 0 spiro atoms. The first-order chi connectivity index (χ1) is 18.2. The second-order valence-corrected chi connectivity index (χ2v) is 22.1. The van der Waals surface area contributed by atoms with Crippen molar-refractivity contribution in [2.24, 2.45) is 0 Å². The van der Waals surface area contributed by atoms with Gasteiger partial charge in [0.15, 0.2) is 0 Å². The van der Waals surface area contributed by atoms with Crippen LogP contribution in [-0.2, 0) is 22.7 Å². The van der Waals surface area contributed by atoms with Crippen molar-refractivity contribution >= 4 is 55.9 Å². The van der Waals surface area contributed by atoms with Crippen molar-refractivity contribution in [1.29, 1.82) is 0 Å². The van der Waals surface area contributed by atoms with Crippen molar-refractivity contribution in [2.75, 3.05) is 13.2 Å². The van der Waals surface area contributed by atoms with Gasteiger partial charge >= 0.3 is 0 Å². The molecule has 1 rings (SSSR count). The molecule has 0 saturated heterocycles. The van der Waals surface area contributed by atoms with Crippen molar-refractivity contribution < 1.29 is 9.47 Å². The van der Waals surface area contributed by atoms with E-state index in [2.05, 4.69) is 66.2 Å². The summed E-state index contributed by atoms with van der Waals surface area (Å²) in [7, 11) is -2.49. The minimum Gasteiger partial charge on any atom is -0.377 e. The van der Waals surface area contributed by atoms with Gasteiger partial charge in [0.05, 0.1) is 48.4 Å². The Bertz CT molecular complexity index is 658. The Morgan fingerprint density at radius 1 is 0.395 bits per heavy atom. The van der Waals surface area contributed by atoms with Crippen molar-refractivity contribution in [2.45, 2.75) is 156 Å². The highest BCUT2D eigenvalue weighted by Gasteiger charge is 2.29. The van der Waals surface area contributed by atoms with Crippen LogP contribution in [0, 0.1) is 0 Å². The molecule has 6 heteroatoms. The Hall–Kier alpha value is 0.00753. The molecule has 0 heterocycles. The largest absolute Gasteiger partial charge is 0.377 e. The van der Waals surface area contributed by atoms with Crippen molar-refractivity contribution in [3.05, 3.63) is 11.1 Å². The fourth-order valence-electron chi connectivity index (χ4n) is 5.67. The van der Waals surface area contributed by atoms with Crippen LogP contribution in [0.1, 0.15) is 102 Å². The van der Waals surface area contributed by atoms with E-state index in [9.17, 15) is 0 Å². The molecule has 0 aliphatic carbocycles. The standard InChI is InChI=1S/C32H62O2Si4/c1-11-13-15-17-19-21-23-33-25-27-29(35(3)4)31(37(7)8)28(32(38(9)10)30(27)36(5)6)26-34-24-22-20-18-16-14-12-2/h11-26H2,1-10H3. The predicted molar refractivity (Wildman–Crippen MR) is 181 cm³/mol. The summed E-state index contributed by atoms with van der Waals surface area (Å²) in [5, 5.41) is 6.90. The van der Waals surface area contributed by atoms with E-state index in [4.69, 9.17) is 9.47 Å². The Kier molecular flexibility index (Phi) is 19.7. The first-order valence-corrected chi connectivity index (χ1v) is 25.8. The van der Waals surface area contributed by atoms with E-state index in [1.54, 1.807) is 31.9 Å². The van der Waals surface area contributed by atoms with Gasteiger partial charge in [-0.25, -0.2) is 0 Å².